The van der Waals surface area contributed by atoms with Crippen LogP contribution >= 0.6 is 0 Å². The molecule has 82 valence electrons. The Balaban J connectivity index is 1.80. The standard InChI is InChI=1S/C12H24N2/c1-3-10-6-7-14(8-10)9-12(2,13)11-4-5-11/h10-11H,3-9,13H2,1-2H3. The quantitative estimate of drug-likeness (QED) is 0.743. The Morgan fingerprint density at radius 1 is 1.36 bits per heavy atom. The van der Waals surface area contributed by atoms with E-state index in [1.807, 2.05) is 0 Å². The summed E-state index contributed by atoms with van der Waals surface area (Å²) in [6.07, 6.45) is 5.44. The van der Waals surface area contributed by atoms with Crippen molar-refractivity contribution in [2.45, 2.75) is 45.1 Å². The van der Waals surface area contributed by atoms with Gasteiger partial charge in [0, 0.05) is 18.6 Å². The Bertz CT molecular complexity index is 196. The predicted octanol–water partition coefficient (Wildman–Crippen LogP) is 1.85. The van der Waals surface area contributed by atoms with Crippen LogP contribution in [-0.2, 0) is 0 Å². The normalized spacial score (nSPS) is 33.2. The Morgan fingerprint density at radius 2 is 2.07 bits per heavy atom. The van der Waals surface area contributed by atoms with Crippen molar-refractivity contribution in [2.75, 3.05) is 19.6 Å². The highest BCUT2D eigenvalue weighted by Crippen LogP contribution is 2.39. The Labute approximate surface area is 87.8 Å². The van der Waals surface area contributed by atoms with Crippen LogP contribution in [0.3, 0.4) is 0 Å². The molecule has 0 bridgehead atoms. The summed E-state index contributed by atoms with van der Waals surface area (Å²) >= 11 is 0. The van der Waals surface area contributed by atoms with Crippen molar-refractivity contribution >= 4 is 0 Å². The van der Waals surface area contributed by atoms with E-state index < -0.39 is 0 Å². The first-order valence-corrected chi connectivity index (χ1v) is 6.13. The maximum atomic E-state index is 6.35. The smallest absolute Gasteiger partial charge is 0.0283 e. The molecule has 0 aromatic rings. The molecule has 1 heterocycles. The second kappa shape index (κ2) is 3.82. The lowest BCUT2D eigenvalue weighted by Crippen LogP contribution is -2.49. The number of nitrogens with zero attached hydrogens (tertiary/aromatic N) is 1. The Hall–Kier alpha value is -0.0800. The first kappa shape index (κ1) is 10.4. The van der Waals surface area contributed by atoms with Gasteiger partial charge < -0.3 is 10.6 Å². The van der Waals surface area contributed by atoms with E-state index in [1.54, 1.807) is 0 Å². The molecule has 2 atom stereocenters. The molecule has 2 N–H and O–H groups in total. The van der Waals surface area contributed by atoms with Crippen molar-refractivity contribution in [1.82, 2.24) is 4.90 Å². The molecular weight excluding hydrogens is 172 g/mol. The molecular formula is C12H24N2. The van der Waals surface area contributed by atoms with Crippen molar-refractivity contribution in [3.63, 3.8) is 0 Å². The molecule has 1 saturated heterocycles. The minimum atomic E-state index is 0.0859. The van der Waals surface area contributed by atoms with Gasteiger partial charge in [-0.25, -0.2) is 0 Å². The molecule has 0 aromatic heterocycles. The van der Waals surface area contributed by atoms with Crippen LogP contribution in [0, 0.1) is 11.8 Å². The predicted molar refractivity (Wildman–Crippen MR) is 60.2 cm³/mol. The van der Waals surface area contributed by atoms with Gasteiger partial charge in [0.1, 0.15) is 0 Å². The van der Waals surface area contributed by atoms with Gasteiger partial charge in [0.05, 0.1) is 0 Å². The van der Waals surface area contributed by atoms with Gasteiger partial charge in [-0.05, 0) is 44.6 Å². The highest BCUT2D eigenvalue weighted by atomic mass is 15.2. The summed E-state index contributed by atoms with van der Waals surface area (Å²) in [7, 11) is 0. The third-order valence-electron chi connectivity index (χ3n) is 4.02. The van der Waals surface area contributed by atoms with Gasteiger partial charge in [-0.2, -0.15) is 0 Å². The van der Waals surface area contributed by atoms with E-state index in [-0.39, 0.29) is 5.54 Å². The summed E-state index contributed by atoms with van der Waals surface area (Å²) in [6.45, 7) is 8.23. The van der Waals surface area contributed by atoms with E-state index in [0.29, 0.717) is 0 Å². The van der Waals surface area contributed by atoms with Crippen LogP contribution in [0.25, 0.3) is 0 Å². The van der Waals surface area contributed by atoms with Crippen LogP contribution in [0.4, 0.5) is 0 Å². The maximum Gasteiger partial charge on any atom is 0.0283 e. The largest absolute Gasteiger partial charge is 0.324 e. The average molecular weight is 196 g/mol. The van der Waals surface area contributed by atoms with Crippen molar-refractivity contribution < 1.29 is 0 Å². The molecule has 2 fully saturated rings. The lowest BCUT2D eigenvalue weighted by Gasteiger charge is -2.30. The van der Waals surface area contributed by atoms with E-state index in [1.165, 1.54) is 38.8 Å². The van der Waals surface area contributed by atoms with Gasteiger partial charge >= 0.3 is 0 Å². The SMILES string of the molecule is CCC1CCN(CC(C)(N)C2CC2)C1. The van der Waals surface area contributed by atoms with Crippen molar-refractivity contribution in [3.05, 3.63) is 0 Å². The third kappa shape index (κ3) is 2.29. The third-order valence-corrected chi connectivity index (χ3v) is 4.02. The molecule has 1 aliphatic heterocycles. The molecule has 2 heteroatoms. The summed E-state index contributed by atoms with van der Waals surface area (Å²) in [5.41, 5.74) is 6.43. The molecule has 2 nitrogen and oxygen atoms in total. The highest BCUT2D eigenvalue weighted by Gasteiger charge is 2.40. The monoisotopic (exact) mass is 196 g/mol. The lowest BCUT2D eigenvalue weighted by molar-refractivity contribution is 0.231. The Kier molecular flexibility index (Phi) is 2.85. The molecule has 0 radical (unpaired) electrons. The van der Waals surface area contributed by atoms with E-state index in [2.05, 4.69) is 18.7 Å². The summed E-state index contributed by atoms with van der Waals surface area (Å²) in [5, 5.41) is 0. The highest BCUT2D eigenvalue weighted by molar-refractivity contribution is 4.98. The fourth-order valence-corrected chi connectivity index (χ4v) is 2.74. The second-order valence-electron chi connectivity index (χ2n) is 5.58. The van der Waals surface area contributed by atoms with Crippen LogP contribution in [0.1, 0.15) is 39.5 Å². The zero-order chi connectivity index (χ0) is 10.2. The number of rotatable bonds is 4. The maximum absolute atomic E-state index is 6.35. The fraction of sp³-hybridized carbons (Fsp3) is 1.00. The van der Waals surface area contributed by atoms with Crippen LogP contribution in [0.2, 0.25) is 0 Å². The summed E-state index contributed by atoms with van der Waals surface area (Å²) in [5.74, 6) is 1.74. The van der Waals surface area contributed by atoms with Gasteiger partial charge in [0.2, 0.25) is 0 Å². The van der Waals surface area contributed by atoms with Crippen LogP contribution < -0.4 is 5.73 Å². The van der Waals surface area contributed by atoms with Crippen LogP contribution in [0.15, 0.2) is 0 Å². The molecule has 0 amide bonds. The molecule has 14 heavy (non-hydrogen) atoms. The Morgan fingerprint density at radius 3 is 2.57 bits per heavy atom. The molecule has 2 aliphatic rings. The molecule has 0 spiro atoms. The van der Waals surface area contributed by atoms with E-state index in [9.17, 15) is 0 Å². The number of hydrogen-bond donors (Lipinski definition) is 1. The molecule has 2 unspecified atom stereocenters. The van der Waals surface area contributed by atoms with Gasteiger partial charge in [0.25, 0.3) is 0 Å². The fourth-order valence-electron chi connectivity index (χ4n) is 2.74. The molecule has 1 saturated carbocycles. The van der Waals surface area contributed by atoms with Crippen molar-refractivity contribution in [2.24, 2.45) is 17.6 Å². The van der Waals surface area contributed by atoms with Gasteiger partial charge in [-0.3, -0.25) is 0 Å². The van der Waals surface area contributed by atoms with Gasteiger partial charge in [-0.15, -0.1) is 0 Å². The topological polar surface area (TPSA) is 29.3 Å². The number of hydrogen-bond acceptors (Lipinski definition) is 2. The van der Waals surface area contributed by atoms with Gasteiger partial charge in [0.15, 0.2) is 0 Å². The summed E-state index contributed by atoms with van der Waals surface area (Å²) in [4.78, 5) is 2.58. The minimum absolute atomic E-state index is 0.0859. The second-order valence-corrected chi connectivity index (χ2v) is 5.58. The zero-order valence-corrected chi connectivity index (χ0v) is 9.63. The van der Waals surface area contributed by atoms with Crippen LogP contribution in [-0.4, -0.2) is 30.1 Å². The van der Waals surface area contributed by atoms with Crippen molar-refractivity contribution in [1.29, 1.82) is 0 Å². The minimum Gasteiger partial charge on any atom is -0.324 e. The van der Waals surface area contributed by atoms with E-state index >= 15 is 0 Å². The average Bonchev–Trinajstić information content (AvgIpc) is 2.89. The first-order valence-electron chi connectivity index (χ1n) is 6.13. The first-order chi connectivity index (χ1) is 6.62. The van der Waals surface area contributed by atoms with Crippen molar-refractivity contribution in [3.8, 4) is 0 Å². The molecule has 2 rings (SSSR count). The summed E-state index contributed by atoms with van der Waals surface area (Å²) < 4.78 is 0. The molecule has 1 aliphatic carbocycles. The van der Waals surface area contributed by atoms with Gasteiger partial charge in [-0.1, -0.05) is 13.3 Å². The van der Waals surface area contributed by atoms with E-state index in [4.69, 9.17) is 5.73 Å². The van der Waals surface area contributed by atoms with E-state index in [0.717, 1.165) is 18.4 Å². The zero-order valence-electron chi connectivity index (χ0n) is 9.63. The van der Waals surface area contributed by atoms with Crippen LogP contribution in [0.5, 0.6) is 0 Å². The number of nitrogens with two attached hydrogens (primary N) is 1. The summed E-state index contributed by atoms with van der Waals surface area (Å²) in [6, 6.07) is 0. The number of likely N-dealkylation sites (tertiary alicyclic amines) is 1. The molecule has 0 aromatic carbocycles. The lowest BCUT2D eigenvalue weighted by atomic mass is 9.97.